The minimum absolute atomic E-state index is 0.1000. The molecule has 1 amide bonds. The Morgan fingerprint density at radius 2 is 2.24 bits per heavy atom. The highest BCUT2D eigenvalue weighted by molar-refractivity contribution is 7.17. The molecule has 0 spiro atoms. The number of amides is 1. The molecule has 1 aliphatic heterocycles. The number of hydrogen-bond donors (Lipinski definition) is 2. The summed E-state index contributed by atoms with van der Waals surface area (Å²) in [4.78, 5) is 19.3. The van der Waals surface area contributed by atoms with Crippen molar-refractivity contribution in [3.05, 3.63) is 40.9 Å². The number of nitrogens with zero attached hydrogens (tertiary/aromatic N) is 2. The summed E-state index contributed by atoms with van der Waals surface area (Å²) in [5, 5.41) is 13.2. The predicted molar refractivity (Wildman–Crippen MR) is 98.6 cm³/mol. The lowest BCUT2D eigenvalue weighted by Gasteiger charge is -2.21. The maximum atomic E-state index is 12.3. The van der Waals surface area contributed by atoms with Crippen molar-refractivity contribution >= 4 is 22.4 Å². The van der Waals surface area contributed by atoms with Gasteiger partial charge in [-0.05, 0) is 37.0 Å². The van der Waals surface area contributed by atoms with E-state index in [1.165, 1.54) is 11.3 Å². The standard InChI is InChI=1S/C18H23N3O3S/c1-24-15-6-4-13(5-7-15)8-9-19-17(23)16-11-20-18(25-16)21-10-2-3-14(21)12-22/h4-7,11,14,22H,2-3,8-10,12H2,1H3,(H,19,23). The summed E-state index contributed by atoms with van der Waals surface area (Å²) >= 11 is 1.38. The van der Waals surface area contributed by atoms with Crippen LogP contribution in [0.25, 0.3) is 0 Å². The van der Waals surface area contributed by atoms with Crippen LogP contribution in [0.1, 0.15) is 28.1 Å². The molecule has 2 aromatic rings. The van der Waals surface area contributed by atoms with Crippen molar-refractivity contribution in [2.75, 3.05) is 31.7 Å². The van der Waals surface area contributed by atoms with Gasteiger partial charge >= 0.3 is 0 Å². The number of aliphatic hydroxyl groups is 1. The smallest absolute Gasteiger partial charge is 0.263 e. The molecule has 1 atom stereocenters. The van der Waals surface area contributed by atoms with Crippen LogP contribution < -0.4 is 15.0 Å². The minimum Gasteiger partial charge on any atom is -0.497 e. The number of anilines is 1. The monoisotopic (exact) mass is 361 g/mol. The molecule has 0 radical (unpaired) electrons. The van der Waals surface area contributed by atoms with Gasteiger partial charge in [-0.2, -0.15) is 0 Å². The molecule has 1 fully saturated rings. The van der Waals surface area contributed by atoms with Crippen LogP contribution in [0.15, 0.2) is 30.5 Å². The summed E-state index contributed by atoms with van der Waals surface area (Å²) in [7, 11) is 1.64. The molecule has 0 saturated carbocycles. The molecule has 0 aliphatic carbocycles. The Balaban J connectivity index is 1.51. The number of hydrogen-bond acceptors (Lipinski definition) is 6. The lowest BCUT2D eigenvalue weighted by Crippen LogP contribution is -2.31. The van der Waals surface area contributed by atoms with E-state index < -0.39 is 0 Å². The third kappa shape index (κ3) is 4.29. The van der Waals surface area contributed by atoms with E-state index in [0.29, 0.717) is 11.4 Å². The number of thiazole rings is 1. The van der Waals surface area contributed by atoms with Crippen LogP contribution in [0, 0.1) is 0 Å². The van der Waals surface area contributed by atoms with Gasteiger partial charge in [0.1, 0.15) is 10.6 Å². The van der Waals surface area contributed by atoms with Crippen molar-refractivity contribution in [2.45, 2.75) is 25.3 Å². The van der Waals surface area contributed by atoms with Gasteiger partial charge in [0, 0.05) is 13.1 Å². The van der Waals surface area contributed by atoms with Crippen molar-refractivity contribution in [2.24, 2.45) is 0 Å². The van der Waals surface area contributed by atoms with E-state index in [1.807, 2.05) is 24.3 Å². The topological polar surface area (TPSA) is 74.7 Å². The van der Waals surface area contributed by atoms with Crippen molar-refractivity contribution in [1.29, 1.82) is 0 Å². The molecule has 6 nitrogen and oxygen atoms in total. The number of carbonyl (C=O) groups excluding carboxylic acids is 1. The molecule has 1 unspecified atom stereocenters. The molecule has 0 bridgehead atoms. The highest BCUT2D eigenvalue weighted by atomic mass is 32.1. The van der Waals surface area contributed by atoms with Crippen molar-refractivity contribution in [3.63, 3.8) is 0 Å². The fraction of sp³-hybridized carbons (Fsp3) is 0.444. The molecule has 2 heterocycles. The van der Waals surface area contributed by atoms with Gasteiger partial charge < -0.3 is 20.1 Å². The average Bonchev–Trinajstić information content (AvgIpc) is 3.31. The summed E-state index contributed by atoms with van der Waals surface area (Å²) in [5.41, 5.74) is 1.15. The quantitative estimate of drug-likeness (QED) is 0.790. The Hall–Kier alpha value is -2.12. The van der Waals surface area contributed by atoms with Crippen molar-refractivity contribution < 1.29 is 14.6 Å². The Morgan fingerprint density at radius 3 is 2.96 bits per heavy atom. The van der Waals surface area contributed by atoms with E-state index in [2.05, 4.69) is 15.2 Å². The van der Waals surface area contributed by atoms with E-state index in [9.17, 15) is 9.90 Å². The maximum absolute atomic E-state index is 12.3. The molecule has 7 heteroatoms. The van der Waals surface area contributed by atoms with Gasteiger partial charge in [0.05, 0.1) is 26.0 Å². The third-order valence-electron chi connectivity index (χ3n) is 4.41. The number of aromatic nitrogens is 1. The zero-order chi connectivity index (χ0) is 17.6. The lowest BCUT2D eigenvalue weighted by atomic mass is 10.1. The van der Waals surface area contributed by atoms with Crippen LogP contribution in [0.4, 0.5) is 5.13 Å². The second kappa shape index (κ2) is 8.31. The van der Waals surface area contributed by atoms with Gasteiger partial charge in [0.15, 0.2) is 5.13 Å². The SMILES string of the molecule is COc1ccc(CCNC(=O)c2cnc(N3CCCC3CO)s2)cc1. The number of carbonyl (C=O) groups is 1. The zero-order valence-corrected chi connectivity index (χ0v) is 15.1. The van der Waals surface area contributed by atoms with Crippen LogP contribution in [0.3, 0.4) is 0 Å². The molecule has 2 N–H and O–H groups in total. The first-order valence-electron chi connectivity index (χ1n) is 8.45. The maximum Gasteiger partial charge on any atom is 0.263 e. The number of nitrogens with one attached hydrogen (secondary N) is 1. The normalized spacial score (nSPS) is 16.9. The van der Waals surface area contributed by atoms with Crippen molar-refractivity contribution in [1.82, 2.24) is 10.3 Å². The molecule has 1 saturated heterocycles. The summed E-state index contributed by atoms with van der Waals surface area (Å²) in [6.07, 6.45) is 4.41. The van der Waals surface area contributed by atoms with Gasteiger partial charge in [-0.3, -0.25) is 4.79 Å². The predicted octanol–water partition coefficient (Wildman–Crippen LogP) is 2.09. The average molecular weight is 361 g/mol. The summed E-state index contributed by atoms with van der Waals surface area (Å²) in [5.74, 6) is 0.727. The summed E-state index contributed by atoms with van der Waals surface area (Å²) in [6, 6.07) is 7.95. The summed E-state index contributed by atoms with van der Waals surface area (Å²) < 4.78 is 5.13. The number of aliphatic hydroxyl groups excluding tert-OH is 1. The van der Waals surface area contributed by atoms with Crippen molar-refractivity contribution in [3.8, 4) is 5.75 Å². The number of benzene rings is 1. The Bertz CT molecular complexity index is 702. The van der Waals surface area contributed by atoms with E-state index in [4.69, 9.17) is 4.74 Å². The number of methoxy groups -OCH3 is 1. The van der Waals surface area contributed by atoms with E-state index in [0.717, 1.165) is 42.3 Å². The highest BCUT2D eigenvalue weighted by Crippen LogP contribution is 2.29. The third-order valence-corrected chi connectivity index (χ3v) is 5.44. The molecular formula is C18H23N3O3S. The zero-order valence-electron chi connectivity index (χ0n) is 14.3. The van der Waals surface area contributed by atoms with Gasteiger partial charge in [-0.1, -0.05) is 23.5 Å². The van der Waals surface area contributed by atoms with Gasteiger partial charge in [-0.15, -0.1) is 0 Å². The van der Waals surface area contributed by atoms with Crippen LogP contribution in [-0.4, -0.2) is 48.8 Å². The largest absolute Gasteiger partial charge is 0.497 e. The summed E-state index contributed by atoms with van der Waals surface area (Å²) in [6.45, 7) is 1.58. The molecule has 134 valence electrons. The Morgan fingerprint density at radius 1 is 1.44 bits per heavy atom. The molecule has 25 heavy (non-hydrogen) atoms. The van der Waals surface area contributed by atoms with E-state index in [1.54, 1.807) is 13.3 Å². The van der Waals surface area contributed by atoms with Crippen LogP contribution in [-0.2, 0) is 6.42 Å². The Kier molecular flexibility index (Phi) is 5.88. The first kappa shape index (κ1) is 17.7. The first-order valence-corrected chi connectivity index (χ1v) is 9.27. The molecular weight excluding hydrogens is 338 g/mol. The number of ether oxygens (including phenoxy) is 1. The highest BCUT2D eigenvalue weighted by Gasteiger charge is 2.26. The van der Waals surface area contributed by atoms with Crippen LogP contribution >= 0.6 is 11.3 Å². The lowest BCUT2D eigenvalue weighted by molar-refractivity contribution is 0.0958. The second-order valence-electron chi connectivity index (χ2n) is 6.03. The fourth-order valence-electron chi connectivity index (χ4n) is 2.98. The van der Waals surface area contributed by atoms with E-state index >= 15 is 0 Å². The van der Waals surface area contributed by atoms with Gasteiger partial charge in [-0.25, -0.2) is 4.98 Å². The molecule has 1 aromatic carbocycles. The second-order valence-corrected chi connectivity index (χ2v) is 7.04. The van der Waals surface area contributed by atoms with Crippen LogP contribution in [0.2, 0.25) is 0 Å². The molecule has 1 aliphatic rings. The fourth-order valence-corrected chi connectivity index (χ4v) is 3.91. The number of rotatable bonds is 7. The molecule has 1 aromatic heterocycles. The van der Waals surface area contributed by atoms with Crippen LogP contribution in [0.5, 0.6) is 5.75 Å². The first-order chi connectivity index (χ1) is 12.2. The minimum atomic E-state index is -0.1000. The van der Waals surface area contributed by atoms with Gasteiger partial charge in [0.2, 0.25) is 0 Å². The Labute approximate surface area is 151 Å². The molecule has 3 rings (SSSR count). The van der Waals surface area contributed by atoms with Gasteiger partial charge in [0.25, 0.3) is 5.91 Å². The van der Waals surface area contributed by atoms with E-state index in [-0.39, 0.29) is 18.6 Å².